The van der Waals surface area contributed by atoms with Crippen LogP contribution in [0.5, 0.6) is 17.2 Å². The maximum Gasteiger partial charge on any atom is 0.302 e. The zero-order valence-electron chi connectivity index (χ0n) is 17.0. The van der Waals surface area contributed by atoms with Gasteiger partial charge < -0.3 is 14.2 Å². The Morgan fingerprint density at radius 1 is 1.07 bits per heavy atom. The standard InChI is InChI=1S/C22H27BrO4S/c1-15(24)26-11-10-16-6-8-20(25-5)21(12-16)27-19-9-7-18(23)13-17(19)14-28-22(2,3)4/h6-9,12-13H,10-11,14H2,1-5H3. The van der Waals surface area contributed by atoms with E-state index in [1.807, 2.05) is 42.1 Å². The highest BCUT2D eigenvalue weighted by Gasteiger charge is 2.15. The van der Waals surface area contributed by atoms with Gasteiger partial charge in [-0.1, -0.05) is 42.8 Å². The second-order valence-corrected chi connectivity index (χ2v) is 10.0. The van der Waals surface area contributed by atoms with Crippen molar-refractivity contribution in [2.45, 2.75) is 44.6 Å². The third kappa shape index (κ3) is 7.40. The number of ether oxygens (including phenoxy) is 3. The van der Waals surface area contributed by atoms with Gasteiger partial charge in [-0.2, -0.15) is 11.8 Å². The van der Waals surface area contributed by atoms with Gasteiger partial charge in [-0.3, -0.25) is 4.79 Å². The molecule has 0 fully saturated rings. The quantitative estimate of drug-likeness (QED) is 0.421. The number of esters is 1. The largest absolute Gasteiger partial charge is 0.493 e. The summed E-state index contributed by atoms with van der Waals surface area (Å²) in [6.07, 6.45) is 0.618. The predicted molar refractivity (Wildman–Crippen MR) is 119 cm³/mol. The summed E-state index contributed by atoms with van der Waals surface area (Å²) in [5.74, 6) is 2.67. The minimum absolute atomic E-state index is 0.161. The van der Waals surface area contributed by atoms with Gasteiger partial charge in [-0.25, -0.2) is 0 Å². The van der Waals surface area contributed by atoms with Crippen LogP contribution in [0.4, 0.5) is 0 Å². The number of rotatable bonds is 8. The average molecular weight is 467 g/mol. The number of hydrogen-bond acceptors (Lipinski definition) is 5. The number of thioether (sulfide) groups is 1. The molecule has 2 rings (SSSR count). The number of carbonyl (C=O) groups is 1. The summed E-state index contributed by atoms with van der Waals surface area (Å²) < 4.78 is 17.9. The molecule has 0 aromatic heterocycles. The van der Waals surface area contributed by atoms with Crippen molar-refractivity contribution in [1.29, 1.82) is 0 Å². The molecule has 2 aromatic rings. The summed E-state index contributed by atoms with van der Waals surface area (Å²) in [6.45, 7) is 8.35. The van der Waals surface area contributed by atoms with Crippen molar-refractivity contribution in [3.05, 3.63) is 52.0 Å². The Balaban J connectivity index is 2.24. The lowest BCUT2D eigenvalue weighted by Crippen LogP contribution is -2.07. The van der Waals surface area contributed by atoms with Gasteiger partial charge >= 0.3 is 5.97 Å². The van der Waals surface area contributed by atoms with Gasteiger partial charge in [0, 0.05) is 33.9 Å². The first kappa shape index (κ1) is 22.6. The molecule has 0 saturated heterocycles. The maximum atomic E-state index is 11.0. The minimum atomic E-state index is -0.277. The Labute approximate surface area is 180 Å². The monoisotopic (exact) mass is 466 g/mol. The van der Waals surface area contributed by atoms with Gasteiger partial charge in [0.15, 0.2) is 11.5 Å². The fourth-order valence-corrected chi connectivity index (χ4v) is 3.66. The summed E-state index contributed by atoms with van der Waals surface area (Å²) in [7, 11) is 1.62. The molecule has 0 aliphatic carbocycles. The molecule has 0 saturated carbocycles. The smallest absolute Gasteiger partial charge is 0.302 e. The van der Waals surface area contributed by atoms with Crippen LogP contribution in [0.1, 0.15) is 38.8 Å². The summed E-state index contributed by atoms with van der Waals surface area (Å²) in [5, 5.41) is 0. The van der Waals surface area contributed by atoms with Gasteiger partial charge in [0.25, 0.3) is 0 Å². The molecule has 0 spiro atoms. The Kier molecular flexibility index (Phi) is 8.25. The third-order valence-electron chi connectivity index (χ3n) is 3.83. The first-order chi connectivity index (χ1) is 13.2. The summed E-state index contributed by atoms with van der Waals surface area (Å²) in [5.41, 5.74) is 2.13. The summed E-state index contributed by atoms with van der Waals surface area (Å²) in [4.78, 5) is 11.0. The van der Waals surface area contributed by atoms with Crippen LogP contribution >= 0.6 is 27.7 Å². The second kappa shape index (κ2) is 10.2. The van der Waals surface area contributed by atoms with Crippen molar-refractivity contribution >= 4 is 33.7 Å². The van der Waals surface area contributed by atoms with E-state index in [2.05, 4.69) is 42.8 Å². The van der Waals surface area contributed by atoms with Crippen LogP contribution in [0, 0.1) is 0 Å². The van der Waals surface area contributed by atoms with Gasteiger partial charge in [-0.05, 0) is 35.9 Å². The molecule has 0 bridgehead atoms. The van der Waals surface area contributed by atoms with Gasteiger partial charge in [-0.15, -0.1) is 0 Å². The van der Waals surface area contributed by atoms with E-state index in [1.165, 1.54) is 6.92 Å². The van der Waals surface area contributed by atoms with Crippen molar-refractivity contribution < 1.29 is 19.0 Å². The Morgan fingerprint density at radius 2 is 1.79 bits per heavy atom. The van der Waals surface area contributed by atoms with Crippen molar-refractivity contribution in [2.75, 3.05) is 13.7 Å². The molecular formula is C22H27BrO4S. The molecular weight excluding hydrogens is 440 g/mol. The van der Waals surface area contributed by atoms with Crippen LogP contribution in [-0.2, 0) is 21.7 Å². The molecule has 2 aromatic carbocycles. The third-order valence-corrected chi connectivity index (χ3v) is 5.64. The van der Waals surface area contributed by atoms with Crippen molar-refractivity contribution in [3.63, 3.8) is 0 Å². The fraction of sp³-hybridized carbons (Fsp3) is 0.409. The lowest BCUT2D eigenvalue weighted by Gasteiger charge is -2.20. The summed E-state index contributed by atoms with van der Waals surface area (Å²) >= 11 is 5.42. The highest BCUT2D eigenvalue weighted by atomic mass is 79.9. The number of halogens is 1. The Morgan fingerprint density at radius 3 is 2.43 bits per heavy atom. The number of methoxy groups -OCH3 is 1. The van der Waals surface area contributed by atoms with Crippen LogP contribution in [0.15, 0.2) is 40.9 Å². The molecule has 6 heteroatoms. The molecule has 0 radical (unpaired) electrons. The predicted octanol–water partition coefficient (Wildman–Crippen LogP) is 6.39. The first-order valence-corrected chi connectivity index (χ1v) is 10.9. The zero-order valence-corrected chi connectivity index (χ0v) is 19.4. The van der Waals surface area contributed by atoms with Crippen molar-refractivity contribution in [1.82, 2.24) is 0 Å². The molecule has 0 heterocycles. The Hall–Kier alpha value is -1.66. The van der Waals surface area contributed by atoms with Crippen molar-refractivity contribution in [2.24, 2.45) is 0 Å². The normalized spacial score (nSPS) is 11.2. The summed E-state index contributed by atoms with van der Waals surface area (Å²) in [6, 6.07) is 11.8. The zero-order chi connectivity index (χ0) is 20.7. The molecule has 0 aliphatic heterocycles. The van der Waals surface area contributed by atoms with E-state index in [4.69, 9.17) is 14.2 Å². The number of benzene rings is 2. The Bertz CT molecular complexity index is 815. The van der Waals surface area contributed by atoms with E-state index in [-0.39, 0.29) is 10.7 Å². The fourth-order valence-electron chi connectivity index (χ4n) is 2.44. The molecule has 0 atom stereocenters. The minimum Gasteiger partial charge on any atom is -0.493 e. The van der Waals surface area contributed by atoms with Gasteiger partial charge in [0.1, 0.15) is 5.75 Å². The first-order valence-electron chi connectivity index (χ1n) is 9.08. The van der Waals surface area contributed by atoms with Gasteiger partial charge in [0.05, 0.1) is 13.7 Å². The molecule has 0 amide bonds. The van der Waals surface area contributed by atoms with E-state index in [1.54, 1.807) is 7.11 Å². The van der Waals surface area contributed by atoms with Crippen LogP contribution in [0.25, 0.3) is 0 Å². The van der Waals surface area contributed by atoms with Crippen molar-refractivity contribution in [3.8, 4) is 17.2 Å². The SMILES string of the molecule is COc1ccc(CCOC(C)=O)cc1Oc1ccc(Br)cc1CSC(C)(C)C. The van der Waals surface area contributed by atoms with E-state index in [0.717, 1.165) is 27.1 Å². The highest BCUT2D eigenvalue weighted by molar-refractivity contribution is 9.10. The van der Waals surface area contributed by atoms with E-state index < -0.39 is 0 Å². The lowest BCUT2D eigenvalue weighted by atomic mass is 10.1. The van der Waals surface area contributed by atoms with Gasteiger partial charge in [0.2, 0.25) is 0 Å². The van der Waals surface area contributed by atoms with Crippen LogP contribution in [-0.4, -0.2) is 24.4 Å². The molecule has 0 unspecified atom stereocenters. The molecule has 28 heavy (non-hydrogen) atoms. The van der Waals surface area contributed by atoms with Crippen LogP contribution in [0.2, 0.25) is 0 Å². The molecule has 0 aliphatic rings. The number of hydrogen-bond donors (Lipinski definition) is 0. The van der Waals surface area contributed by atoms with E-state index >= 15 is 0 Å². The van der Waals surface area contributed by atoms with E-state index in [0.29, 0.717) is 24.5 Å². The lowest BCUT2D eigenvalue weighted by molar-refractivity contribution is -0.140. The molecule has 4 nitrogen and oxygen atoms in total. The van der Waals surface area contributed by atoms with Crippen LogP contribution in [0.3, 0.4) is 0 Å². The highest BCUT2D eigenvalue weighted by Crippen LogP contribution is 2.38. The molecule has 152 valence electrons. The van der Waals surface area contributed by atoms with Crippen LogP contribution < -0.4 is 9.47 Å². The number of carbonyl (C=O) groups excluding carboxylic acids is 1. The molecule has 0 N–H and O–H groups in total. The second-order valence-electron chi connectivity index (χ2n) is 7.33. The topological polar surface area (TPSA) is 44.8 Å². The van der Waals surface area contributed by atoms with E-state index in [9.17, 15) is 4.79 Å². The average Bonchev–Trinajstić information content (AvgIpc) is 2.61. The maximum absolute atomic E-state index is 11.0.